The molecule has 0 bridgehead atoms. The predicted octanol–water partition coefficient (Wildman–Crippen LogP) is 3.40. The van der Waals surface area contributed by atoms with Crippen LogP contribution in [0.1, 0.15) is 0 Å². The lowest BCUT2D eigenvalue weighted by molar-refractivity contribution is 1.13. The maximum Gasteiger partial charge on any atom is 0.0932 e. The zero-order valence-corrected chi connectivity index (χ0v) is 15.2. The summed E-state index contributed by atoms with van der Waals surface area (Å²) in [4.78, 5) is 4.12. The van der Waals surface area contributed by atoms with Crippen LogP contribution in [0.15, 0.2) is 48.5 Å². The van der Waals surface area contributed by atoms with E-state index >= 15 is 0 Å². The molecule has 112 valence electrons. The zero-order valence-electron chi connectivity index (χ0n) is 12.7. The first-order valence-electron chi connectivity index (χ1n) is 6.68. The van der Waals surface area contributed by atoms with Crippen molar-refractivity contribution in [3.63, 3.8) is 0 Å². The van der Waals surface area contributed by atoms with E-state index in [1.54, 1.807) is 0 Å². The van der Waals surface area contributed by atoms with Gasteiger partial charge in [-0.25, -0.2) is 0 Å². The van der Waals surface area contributed by atoms with Crippen LogP contribution < -0.4 is 20.4 Å². The smallest absolute Gasteiger partial charge is 0.0932 e. The molecule has 2 rings (SSSR count). The van der Waals surface area contributed by atoms with Crippen LogP contribution in [0.3, 0.4) is 0 Å². The van der Waals surface area contributed by atoms with E-state index in [0.29, 0.717) is 0 Å². The van der Waals surface area contributed by atoms with E-state index in [0.717, 1.165) is 22.0 Å². The second kappa shape index (κ2) is 6.39. The summed E-state index contributed by atoms with van der Waals surface area (Å²) in [6.45, 7) is 0. The molecule has 0 saturated carbocycles. The monoisotopic (exact) mass is 338 g/mol. The molecule has 0 atom stereocenters. The highest BCUT2D eigenvalue weighted by molar-refractivity contribution is 8.34. The highest BCUT2D eigenvalue weighted by Crippen LogP contribution is 2.49. The number of hydrogen-bond donors (Lipinski definition) is 0. The van der Waals surface area contributed by atoms with Crippen molar-refractivity contribution in [1.29, 1.82) is 0 Å². The van der Waals surface area contributed by atoms with E-state index in [4.69, 9.17) is 23.0 Å². The molecule has 0 fully saturated rings. The summed E-state index contributed by atoms with van der Waals surface area (Å²) in [5, 5.41) is -0.220. The summed E-state index contributed by atoms with van der Waals surface area (Å²) in [6.07, 6.45) is 0. The third kappa shape index (κ3) is 3.60. The van der Waals surface area contributed by atoms with Gasteiger partial charge in [0, 0.05) is 50.2 Å². The Bertz CT molecular complexity index is 630. The first-order valence-corrected chi connectivity index (χ1v) is 10.4. The highest BCUT2D eigenvalue weighted by atomic mass is 35.7. The number of anilines is 2. The van der Waals surface area contributed by atoms with E-state index in [-0.39, 0.29) is 0 Å². The largest absolute Gasteiger partial charge is 0.378 e. The molecule has 0 unspecified atom stereocenters. The summed E-state index contributed by atoms with van der Waals surface area (Å²) in [6, 6.07) is 16.4. The topological polar surface area (TPSA) is 6.48 Å². The number of nitrogens with zero attached hydrogens (tertiary/aromatic N) is 2. The minimum atomic E-state index is -2.28. The van der Waals surface area contributed by atoms with Crippen LogP contribution in [0.5, 0.6) is 0 Å². The van der Waals surface area contributed by atoms with Crippen molar-refractivity contribution < 1.29 is 0 Å². The molecule has 0 amide bonds. The number of halogens is 1. The van der Waals surface area contributed by atoms with Crippen LogP contribution in [-0.2, 0) is 11.8 Å². The van der Waals surface area contributed by atoms with Gasteiger partial charge < -0.3 is 9.80 Å². The van der Waals surface area contributed by atoms with Crippen molar-refractivity contribution >= 4 is 50.4 Å². The summed E-state index contributed by atoms with van der Waals surface area (Å²) in [5.74, 6) is 0. The molecule has 0 aromatic heterocycles. The molecule has 0 saturated heterocycles. The second-order valence-electron chi connectivity index (χ2n) is 5.36. The van der Waals surface area contributed by atoms with Gasteiger partial charge in [0.15, 0.2) is 0 Å². The van der Waals surface area contributed by atoms with Gasteiger partial charge in [-0.15, -0.1) is 0 Å². The average molecular weight is 339 g/mol. The quantitative estimate of drug-likeness (QED) is 0.789. The molecule has 0 aliphatic carbocycles. The van der Waals surface area contributed by atoms with Gasteiger partial charge in [0.1, 0.15) is 0 Å². The van der Waals surface area contributed by atoms with E-state index in [9.17, 15) is 0 Å². The van der Waals surface area contributed by atoms with Gasteiger partial charge in [-0.05, 0) is 24.3 Å². The highest BCUT2D eigenvalue weighted by Gasteiger charge is 2.20. The third-order valence-corrected chi connectivity index (χ3v) is 7.68. The molecule has 0 N–H and O–H groups in total. The summed E-state index contributed by atoms with van der Waals surface area (Å²) >= 11 is 12.6. The molecule has 2 aromatic rings. The molecular weight excluding hydrogens is 319 g/mol. The van der Waals surface area contributed by atoms with Crippen molar-refractivity contribution in [2.24, 2.45) is 0 Å². The van der Waals surface area contributed by atoms with E-state index in [1.165, 1.54) is 0 Å². The van der Waals surface area contributed by atoms with Gasteiger partial charge in [-0.2, -0.15) is 0 Å². The average Bonchev–Trinajstić information content (AvgIpc) is 2.47. The number of rotatable bonds is 4. The molecule has 0 radical (unpaired) electrons. The van der Waals surface area contributed by atoms with Crippen molar-refractivity contribution in [2.45, 2.75) is 0 Å². The van der Waals surface area contributed by atoms with Crippen LogP contribution in [0, 0.1) is 0 Å². The first-order chi connectivity index (χ1) is 9.82. The van der Waals surface area contributed by atoms with Crippen LogP contribution in [-0.4, -0.2) is 28.2 Å². The maximum atomic E-state index is 6.83. The Hall–Kier alpha value is -1.02. The SMILES string of the molecule is CN(C)c1cccc(P(=S)(Cl)c2cccc(N(C)C)c2)c1. The van der Waals surface area contributed by atoms with Crippen LogP contribution in [0.4, 0.5) is 11.4 Å². The summed E-state index contributed by atoms with van der Waals surface area (Å²) in [7, 11) is 8.07. The van der Waals surface area contributed by atoms with Gasteiger partial charge in [0.05, 0.1) is 5.39 Å². The minimum Gasteiger partial charge on any atom is -0.378 e. The van der Waals surface area contributed by atoms with Gasteiger partial charge >= 0.3 is 0 Å². The number of benzene rings is 2. The fourth-order valence-electron chi connectivity index (χ4n) is 2.05. The molecule has 0 aliphatic rings. The minimum absolute atomic E-state index is 1.03. The van der Waals surface area contributed by atoms with Gasteiger partial charge in [-0.3, -0.25) is 0 Å². The molecule has 0 aliphatic heterocycles. The lowest BCUT2D eigenvalue weighted by Gasteiger charge is -2.20. The van der Waals surface area contributed by atoms with Gasteiger partial charge in [-0.1, -0.05) is 47.3 Å². The van der Waals surface area contributed by atoms with Crippen LogP contribution in [0.2, 0.25) is 0 Å². The Balaban J connectivity index is 2.49. The zero-order chi connectivity index (χ0) is 15.6. The predicted molar refractivity (Wildman–Crippen MR) is 101 cm³/mol. The Labute approximate surface area is 137 Å². The Kier molecular flexibility index (Phi) is 4.98. The van der Waals surface area contributed by atoms with Gasteiger partial charge in [0.2, 0.25) is 0 Å². The Morgan fingerprint density at radius 1 is 0.810 bits per heavy atom. The number of hydrogen-bond acceptors (Lipinski definition) is 3. The normalized spacial score (nSPS) is 11.3. The lowest BCUT2D eigenvalue weighted by atomic mass is 10.3. The van der Waals surface area contributed by atoms with Crippen LogP contribution in [0.25, 0.3) is 0 Å². The standard InChI is InChI=1S/C16H20ClN2PS/c1-18(2)13-7-5-9-15(11-13)20(17,21)16-10-6-8-14(12-16)19(3)4/h5-12H,1-4H3. The second-order valence-corrected chi connectivity index (χ2v) is 11.2. The summed E-state index contributed by atoms with van der Waals surface area (Å²) in [5.41, 5.74) is 2.23. The van der Waals surface area contributed by atoms with Crippen molar-refractivity contribution in [3.8, 4) is 0 Å². The fourth-order valence-corrected chi connectivity index (χ4v) is 4.81. The fraction of sp³-hybridized carbons (Fsp3) is 0.250. The summed E-state index contributed by atoms with van der Waals surface area (Å²) < 4.78 is 0. The maximum absolute atomic E-state index is 6.83. The molecule has 2 nitrogen and oxygen atoms in total. The van der Waals surface area contributed by atoms with Crippen molar-refractivity contribution in [2.75, 3.05) is 38.0 Å². The molecular formula is C16H20ClN2PS. The molecule has 21 heavy (non-hydrogen) atoms. The van der Waals surface area contributed by atoms with Crippen molar-refractivity contribution in [1.82, 2.24) is 0 Å². The van der Waals surface area contributed by atoms with Crippen molar-refractivity contribution in [3.05, 3.63) is 48.5 Å². The van der Waals surface area contributed by atoms with Gasteiger partial charge in [0.25, 0.3) is 0 Å². The Morgan fingerprint density at radius 2 is 1.19 bits per heavy atom. The third-order valence-electron chi connectivity index (χ3n) is 3.36. The van der Waals surface area contributed by atoms with E-state index < -0.39 is 5.39 Å². The molecule has 0 spiro atoms. The van der Waals surface area contributed by atoms with E-state index in [1.807, 2.05) is 52.5 Å². The molecule has 5 heteroatoms. The first kappa shape index (κ1) is 16.4. The van der Waals surface area contributed by atoms with Crippen LogP contribution >= 0.6 is 16.6 Å². The molecule has 0 heterocycles. The Morgan fingerprint density at radius 3 is 1.52 bits per heavy atom. The van der Waals surface area contributed by atoms with E-state index in [2.05, 4.69) is 34.1 Å². The lowest BCUT2D eigenvalue weighted by Crippen LogP contribution is -2.17. The molecule has 2 aromatic carbocycles.